The molecular weight excluding hydrogens is 757 g/mol. The van der Waals surface area contributed by atoms with Gasteiger partial charge in [0.05, 0.1) is 52.3 Å². The fraction of sp³-hybridized carbons (Fsp3) is 0.848. The second kappa shape index (κ2) is 34.1. The summed E-state index contributed by atoms with van der Waals surface area (Å²) in [5.41, 5.74) is 0. The number of esters is 1. The Labute approximate surface area is 353 Å². The number of carbonyl (C=O) groups excluding carboxylic acids is 1. The predicted molar refractivity (Wildman–Crippen MR) is 235 cm³/mol. The lowest BCUT2D eigenvalue weighted by atomic mass is 9.88. The van der Waals surface area contributed by atoms with Crippen molar-refractivity contribution in [1.29, 1.82) is 0 Å². The fourth-order valence-electron chi connectivity index (χ4n) is 7.20. The van der Waals surface area contributed by atoms with E-state index in [1.54, 1.807) is 12.3 Å². The van der Waals surface area contributed by atoms with Crippen molar-refractivity contribution in [3.05, 3.63) is 36.6 Å². The van der Waals surface area contributed by atoms with E-state index in [0.29, 0.717) is 30.3 Å². The zero-order valence-corrected chi connectivity index (χ0v) is 38.3. The van der Waals surface area contributed by atoms with Gasteiger partial charge < -0.3 is 34.2 Å². The minimum absolute atomic E-state index is 0.0207. The third-order valence-corrected chi connectivity index (χ3v) is 11.8. The van der Waals surface area contributed by atoms with Gasteiger partial charge in [-0.3, -0.25) is 13.8 Å². The molecule has 0 aromatic carbocycles. The third-order valence-electron chi connectivity index (χ3n) is 10.8. The molecule has 0 saturated heterocycles. The topological polar surface area (TPSA) is 152 Å². The van der Waals surface area contributed by atoms with Gasteiger partial charge in [-0.05, 0) is 69.8 Å². The number of quaternary nitrogens is 1. The van der Waals surface area contributed by atoms with E-state index in [2.05, 4.69) is 26.0 Å². The summed E-state index contributed by atoms with van der Waals surface area (Å²) in [4.78, 5) is 23.0. The van der Waals surface area contributed by atoms with Crippen molar-refractivity contribution in [2.45, 2.75) is 192 Å². The number of likely N-dealkylation sites (N-methyl/N-ethyl adjacent to an activating group) is 1. The van der Waals surface area contributed by atoms with E-state index in [1.807, 2.05) is 33.3 Å². The normalized spacial score (nSPS) is 21.0. The van der Waals surface area contributed by atoms with Gasteiger partial charge in [-0.1, -0.05) is 122 Å². The Morgan fingerprint density at radius 2 is 1.34 bits per heavy atom. The maximum atomic E-state index is 12.8. The highest BCUT2D eigenvalue weighted by Crippen LogP contribution is 2.43. The van der Waals surface area contributed by atoms with Gasteiger partial charge in [-0.15, -0.1) is 0 Å². The number of hydrogen-bond acceptors (Lipinski definition) is 9. The van der Waals surface area contributed by atoms with Gasteiger partial charge in [-0.25, -0.2) is 4.57 Å². The first-order valence-electron chi connectivity index (χ1n) is 23.0. The van der Waals surface area contributed by atoms with E-state index in [1.165, 1.54) is 57.8 Å². The number of hydrogen-bond donors (Lipinski definition) is 4. The lowest BCUT2D eigenvalue weighted by molar-refractivity contribution is -0.870. The molecule has 58 heavy (non-hydrogen) atoms. The summed E-state index contributed by atoms with van der Waals surface area (Å²) in [6.45, 7) is 4.57. The quantitative estimate of drug-likeness (QED) is 0.0118. The van der Waals surface area contributed by atoms with Crippen LogP contribution in [0.5, 0.6) is 0 Å². The average molecular weight is 845 g/mol. The Balaban J connectivity index is 2.44. The van der Waals surface area contributed by atoms with Crippen LogP contribution < -0.4 is 0 Å². The van der Waals surface area contributed by atoms with Gasteiger partial charge in [0, 0.05) is 18.8 Å². The maximum absolute atomic E-state index is 12.8. The van der Waals surface area contributed by atoms with Crippen molar-refractivity contribution in [3.8, 4) is 0 Å². The summed E-state index contributed by atoms with van der Waals surface area (Å²) >= 11 is 0. The SMILES string of the molecule is CCCCCCCC/C=C\CCCCCC/C=C/OC[C@H](COP(=O)(O)OCC[N+](C)(C)C)OC(=O)CCCCCC[C@@H]1[C@@H](/C=C/[C@@H](O)CCCCC)[C@H](O)C[C@@H]1O. The molecule has 11 nitrogen and oxygen atoms in total. The predicted octanol–water partition coefficient (Wildman–Crippen LogP) is 10.1. The van der Waals surface area contributed by atoms with Crippen molar-refractivity contribution < 1.29 is 52.6 Å². The molecule has 1 aliphatic carbocycles. The van der Waals surface area contributed by atoms with Crippen LogP contribution in [0.1, 0.15) is 168 Å². The number of phosphoric acid groups is 1. The molecule has 1 aliphatic rings. The van der Waals surface area contributed by atoms with Crippen molar-refractivity contribution in [1.82, 2.24) is 0 Å². The highest BCUT2D eigenvalue weighted by molar-refractivity contribution is 7.47. The number of allylic oxidation sites excluding steroid dienone is 3. The standard InChI is InChI=1S/C46H86NO10P/c1-6-8-10-11-12-13-14-15-16-17-18-19-20-21-24-28-35-54-38-41(39-56-58(52,53)55-36-34-47(3,4)5)57-46(51)31-27-23-22-26-30-42-43(45(50)37-44(42)49)33-32-40(48)29-25-9-7-2/h15-16,28,32-33,35,40-45,48-50H,6-14,17-27,29-31,34,36-39H2,1-5H3/p+1/b16-15-,33-32+,35-28+/t40-,41+,42+,43+,44-,45+/m0/s1. The highest BCUT2D eigenvalue weighted by Gasteiger charge is 2.39. The lowest BCUT2D eigenvalue weighted by Crippen LogP contribution is -2.37. The number of aliphatic hydroxyl groups excluding tert-OH is 3. The summed E-state index contributed by atoms with van der Waals surface area (Å²) < 4.78 is 34.7. The summed E-state index contributed by atoms with van der Waals surface area (Å²) in [7, 11) is 1.50. The van der Waals surface area contributed by atoms with E-state index in [0.717, 1.165) is 70.6 Å². The molecule has 0 bridgehead atoms. The van der Waals surface area contributed by atoms with E-state index in [4.69, 9.17) is 18.5 Å². The highest BCUT2D eigenvalue weighted by atomic mass is 31.2. The molecule has 7 atom stereocenters. The summed E-state index contributed by atoms with van der Waals surface area (Å²) in [6.07, 6.45) is 33.3. The Hall–Kier alpha value is -1.56. The van der Waals surface area contributed by atoms with Gasteiger partial charge in [0.25, 0.3) is 0 Å². The number of phosphoric ester groups is 1. The second-order valence-corrected chi connectivity index (χ2v) is 18.9. The van der Waals surface area contributed by atoms with E-state index in [9.17, 15) is 29.6 Å². The van der Waals surface area contributed by atoms with Crippen LogP contribution in [-0.4, -0.2) is 103 Å². The molecule has 1 saturated carbocycles. The van der Waals surface area contributed by atoms with Crippen LogP contribution in [0.15, 0.2) is 36.6 Å². The van der Waals surface area contributed by atoms with Crippen molar-refractivity contribution >= 4 is 13.8 Å². The van der Waals surface area contributed by atoms with Crippen LogP contribution in [0.25, 0.3) is 0 Å². The van der Waals surface area contributed by atoms with Crippen molar-refractivity contribution in [2.75, 3.05) is 47.5 Å². The molecule has 12 heteroatoms. The molecule has 0 aromatic heterocycles. The molecule has 1 rings (SSSR count). The molecule has 0 aromatic rings. The molecule has 0 heterocycles. The van der Waals surface area contributed by atoms with Gasteiger partial charge in [0.15, 0.2) is 6.10 Å². The van der Waals surface area contributed by atoms with Crippen LogP contribution in [0.4, 0.5) is 0 Å². The van der Waals surface area contributed by atoms with E-state index in [-0.39, 0.29) is 38.1 Å². The lowest BCUT2D eigenvalue weighted by Gasteiger charge is -2.24. The zero-order chi connectivity index (χ0) is 42.9. The number of carbonyl (C=O) groups is 1. The summed E-state index contributed by atoms with van der Waals surface area (Å²) in [5.74, 6) is -0.680. The Morgan fingerprint density at radius 1 is 0.759 bits per heavy atom. The monoisotopic (exact) mass is 845 g/mol. The number of aliphatic hydroxyl groups is 3. The fourth-order valence-corrected chi connectivity index (χ4v) is 7.94. The minimum atomic E-state index is -4.36. The van der Waals surface area contributed by atoms with Crippen LogP contribution in [0, 0.1) is 11.8 Å². The summed E-state index contributed by atoms with van der Waals surface area (Å²) in [5, 5.41) is 31.5. The summed E-state index contributed by atoms with van der Waals surface area (Å²) in [6, 6.07) is 0. The van der Waals surface area contributed by atoms with Crippen LogP contribution in [0.3, 0.4) is 0 Å². The molecule has 4 N–H and O–H groups in total. The molecular formula is C46H87NO10P+. The van der Waals surface area contributed by atoms with Crippen LogP contribution in [0.2, 0.25) is 0 Å². The van der Waals surface area contributed by atoms with Crippen LogP contribution >= 0.6 is 7.82 Å². The van der Waals surface area contributed by atoms with Gasteiger partial charge in [0.2, 0.25) is 0 Å². The minimum Gasteiger partial charge on any atom is -0.498 e. The number of nitrogens with zero attached hydrogens (tertiary/aromatic N) is 1. The van der Waals surface area contributed by atoms with E-state index < -0.39 is 38.2 Å². The second-order valence-electron chi connectivity index (χ2n) is 17.5. The van der Waals surface area contributed by atoms with E-state index >= 15 is 0 Å². The van der Waals surface area contributed by atoms with Crippen LogP contribution in [-0.2, 0) is 27.9 Å². The maximum Gasteiger partial charge on any atom is 0.472 e. The zero-order valence-electron chi connectivity index (χ0n) is 37.4. The average Bonchev–Trinajstić information content (AvgIpc) is 3.43. The molecule has 1 fully saturated rings. The molecule has 0 amide bonds. The Morgan fingerprint density at radius 3 is 2.00 bits per heavy atom. The van der Waals surface area contributed by atoms with Gasteiger partial charge in [0.1, 0.15) is 19.8 Å². The number of rotatable bonds is 38. The first-order valence-corrected chi connectivity index (χ1v) is 24.5. The first kappa shape index (κ1) is 54.5. The molecule has 0 spiro atoms. The molecule has 0 radical (unpaired) electrons. The molecule has 1 unspecified atom stereocenters. The van der Waals surface area contributed by atoms with Gasteiger partial charge >= 0.3 is 13.8 Å². The first-order chi connectivity index (χ1) is 27.8. The smallest absolute Gasteiger partial charge is 0.472 e. The number of unbranched alkanes of at least 4 members (excludes halogenated alkanes) is 16. The Kier molecular flexibility index (Phi) is 32.0. The Bertz CT molecular complexity index is 1140. The van der Waals surface area contributed by atoms with Crippen molar-refractivity contribution in [2.24, 2.45) is 11.8 Å². The van der Waals surface area contributed by atoms with Crippen molar-refractivity contribution in [3.63, 3.8) is 0 Å². The molecule has 0 aliphatic heterocycles. The largest absolute Gasteiger partial charge is 0.498 e. The van der Waals surface area contributed by atoms with Gasteiger partial charge in [-0.2, -0.15) is 0 Å². The number of ether oxygens (including phenoxy) is 2. The third kappa shape index (κ3) is 30.5. The molecule has 340 valence electrons.